The summed E-state index contributed by atoms with van der Waals surface area (Å²) in [6.07, 6.45) is 3.88. The fourth-order valence-electron chi connectivity index (χ4n) is 3.17. The van der Waals surface area contributed by atoms with E-state index in [2.05, 4.69) is 28.5 Å². The van der Waals surface area contributed by atoms with E-state index in [0.717, 1.165) is 34.3 Å². The molecule has 0 fully saturated rings. The molecule has 1 aromatic heterocycles. The molecule has 0 unspecified atom stereocenters. The molecule has 4 rings (SSSR count). The van der Waals surface area contributed by atoms with Crippen molar-refractivity contribution < 1.29 is 4.79 Å². The first kappa shape index (κ1) is 14.6. The van der Waals surface area contributed by atoms with Gasteiger partial charge in [0.05, 0.1) is 17.4 Å². The van der Waals surface area contributed by atoms with Crippen molar-refractivity contribution in [2.24, 2.45) is 0 Å². The van der Waals surface area contributed by atoms with Gasteiger partial charge in [0.15, 0.2) is 5.78 Å². The molecule has 3 heteroatoms. The molecule has 1 aliphatic rings. The maximum absolute atomic E-state index is 12.3. The molecular formula is C21H18N2O. The highest BCUT2D eigenvalue weighted by Gasteiger charge is 2.23. The molecule has 0 spiro atoms. The van der Waals surface area contributed by atoms with Gasteiger partial charge in [-0.25, -0.2) is 0 Å². The first-order valence-electron chi connectivity index (χ1n) is 8.20. The van der Waals surface area contributed by atoms with Crippen LogP contribution in [0.25, 0.3) is 10.9 Å². The van der Waals surface area contributed by atoms with Crippen molar-refractivity contribution in [2.45, 2.75) is 19.3 Å². The van der Waals surface area contributed by atoms with Crippen LogP contribution in [0.5, 0.6) is 0 Å². The van der Waals surface area contributed by atoms with Gasteiger partial charge in [0.1, 0.15) is 0 Å². The maximum atomic E-state index is 12.3. The zero-order chi connectivity index (χ0) is 16.4. The minimum atomic E-state index is 0.245. The Kier molecular flexibility index (Phi) is 3.83. The van der Waals surface area contributed by atoms with E-state index in [1.54, 1.807) is 0 Å². The van der Waals surface area contributed by atoms with Gasteiger partial charge in [0.25, 0.3) is 0 Å². The van der Waals surface area contributed by atoms with Gasteiger partial charge < -0.3 is 5.32 Å². The third kappa shape index (κ3) is 2.93. The summed E-state index contributed by atoms with van der Waals surface area (Å²) in [5.74, 6) is 0.245. The lowest BCUT2D eigenvalue weighted by Gasteiger charge is -2.11. The van der Waals surface area contributed by atoms with Crippen LogP contribution < -0.4 is 5.32 Å². The summed E-state index contributed by atoms with van der Waals surface area (Å²) >= 11 is 0. The molecule has 3 aromatic rings. The molecule has 0 bridgehead atoms. The van der Waals surface area contributed by atoms with E-state index >= 15 is 0 Å². The van der Waals surface area contributed by atoms with Crippen LogP contribution in [0.1, 0.15) is 18.4 Å². The van der Waals surface area contributed by atoms with Crippen molar-refractivity contribution >= 4 is 22.4 Å². The summed E-state index contributed by atoms with van der Waals surface area (Å²) < 4.78 is 0. The summed E-state index contributed by atoms with van der Waals surface area (Å²) in [4.78, 5) is 16.8. The summed E-state index contributed by atoms with van der Waals surface area (Å²) in [7, 11) is 0. The minimum Gasteiger partial charge on any atom is -0.357 e. The molecule has 0 aliphatic heterocycles. The third-order valence-corrected chi connectivity index (χ3v) is 4.41. The Labute approximate surface area is 141 Å². The van der Waals surface area contributed by atoms with Crippen molar-refractivity contribution in [3.8, 4) is 0 Å². The van der Waals surface area contributed by atoms with Crippen LogP contribution >= 0.6 is 0 Å². The van der Waals surface area contributed by atoms with E-state index in [-0.39, 0.29) is 5.78 Å². The Morgan fingerprint density at radius 1 is 0.958 bits per heavy atom. The van der Waals surface area contributed by atoms with E-state index in [4.69, 9.17) is 0 Å². The molecule has 0 saturated heterocycles. The molecule has 0 atom stereocenters. The lowest BCUT2D eigenvalue weighted by Crippen LogP contribution is -2.05. The van der Waals surface area contributed by atoms with Crippen LogP contribution in [0, 0.1) is 0 Å². The van der Waals surface area contributed by atoms with Gasteiger partial charge >= 0.3 is 0 Å². The highest BCUT2D eigenvalue weighted by Crippen LogP contribution is 2.28. The van der Waals surface area contributed by atoms with Gasteiger partial charge in [0, 0.05) is 29.5 Å². The number of benzene rings is 2. The van der Waals surface area contributed by atoms with Crippen molar-refractivity contribution in [1.29, 1.82) is 0 Å². The van der Waals surface area contributed by atoms with E-state index < -0.39 is 0 Å². The molecular weight excluding hydrogens is 296 g/mol. The molecule has 0 radical (unpaired) electrons. The molecule has 1 aliphatic carbocycles. The number of ketones is 1. The van der Waals surface area contributed by atoms with E-state index in [9.17, 15) is 4.79 Å². The first-order chi connectivity index (χ1) is 11.8. The molecule has 3 nitrogen and oxygen atoms in total. The van der Waals surface area contributed by atoms with Crippen LogP contribution in [0.15, 0.2) is 78.1 Å². The fourth-order valence-corrected chi connectivity index (χ4v) is 3.17. The number of nitrogens with zero attached hydrogens (tertiary/aromatic N) is 1. The second-order valence-electron chi connectivity index (χ2n) is 6.08. The van der Waals surface area contributed by atoms with Crippen molar-refractivity contribution in [3.63, 3.8) is 0 Å². The number of aromatic nitrogens is 1. The van der Waals surface area contributed by atoms with Gasteiger partial charge in [-0.1, -0.05) is 48.5 Å². The molecule has 0 saturated carbocycles. The maximum Gasteiger partial charge on any atom is 0.161 e. The number of carbonyl (C=O) groups is 1. The van der Waals surface area contributed by atoms with Crippen LogP contribution in [0.2, 0.25) is 0 Å². The van der Waals surface area contributed by atoms with Crippen LogP contribution in [0.4, 0.5) is 5.69 Å². The number of hydrogen-bond acceptors (Lipinski definition) is 3. The van der Waals surface area contributed by atoms with Crippen LogP contribution in [0.3, 0.4) is 0 Å². The Morgan fingerprint density at radius 2 is 1.75 bits per heavy atom. The number of pyridine rings is 1. The van der Waals surface area contributed by atoms with Gasteiger partial charge in [-0.2, -0.15) is 0 Å². The van der Waals surface area contributed by atoms with Gasteiger partial charge in [-0.15, -0.1) is 0 Å². The number of rotatable bonds is 4. The monoisotopic (exact) mass is 314 g/mol. The molecule has 118 valence electrons. The Bertz CT molecular complexity index is 929. The van der Waals surface area contributed by atoms with Crippen LogP contribution in [-0.4, -0.2) is 10.8 Å². The fraction of sp³-hybridized carbons (Fsp3) is 0.143. The van der Waals surface area contributed by atoms with Crippen molar-refractivity contribution in [3.05, 3.63) is 83.7 Å². The van der Waals surface area contributed by atoms with E-state index in [0.29, 0.717) is 12.8 Å². The Balaban J connectivity index is 1.63. The van der Waals surface area contributed by atoms with Gasteiger partial charge in [0.2, 0.25) is 0 Å². The first-order valence-corrected chi connectivity index (χ1v) is 8.20. The molecule has 0 amide bonds. The van der Waals surface area contributed by atoms with Gasteiger partial charge in [-0.3, -0.25) is 9.78 Å². The summed E-state index contributed by atoms with van der Waals surface area (Å²) in [6, 6.07) is 20.3. The number of hydrogen-bond donors (Lipinski definition) is 1. The van der Waals surface area contributed by atoms with Crippen molar-refractivity contribution in [1.82, 2.24) is 4.98 Å². The summed E-state index contributed by atoms with van der Waals surface area (Å²) in [5, 5.41) is 4.52. The zero-order valence-electron chi connectivity index (χ0n) is 13.3. The Hall–Kier alpha value is -2.94. The summed E-state index contributed by atoms with van der Waals surface area (Å²) in [6.45, 7) is 0. The smallest absolute Gasteiger partial charge is 0.161 e. The largest absolute Gasteiger partial charge is 0.357 e. The summed E-state index contributed by atoms with van der Waals surface area (Å²) in [5.41, 5.74) is 5.00. The highest BCUT2D eigenvalue weighted by atomic mass is 16.1. The SMILES string of the molecule is O=C1CCC(Nc2cnc3ccccc3c2)=C1Cc1ccccc1. The minimum absolute atomic E-state index is 0.245. The number of Topliss-reactive ketones (excluding diaryl/α,β-unsaturated/α-hetero) is 1. The van der Waals surface area contributed by atoms with Gasteiger partial charge in [-0.05, 0) is 24.1 Å². The normalized spacial score (nSPS) is 14.4. The van der Waals surface area contributed by atoms with E-state index in [1.807, 2.05) is 48.7 Å². The lowest BCUT2D eigenvalue weighted by atomic mass is 10.0. The second-order valence-corrected chi connectivity index (χ2v) is 6.08. The van der Waals surface area contributed by atoms with Crippen molar-refractivity contribution in [2.75, 3.05) is 5.32 Å². The number of fused-ring (bicyclic) bond motifs is 1. The second kappa shape index (κ2) is 6.28. The average Bonchev–Trinajstić information content (AvgIpc) is 2.96. The average molecular weight is 314 g/mol. The topological polar surface area (TPSA) is 42.0 Å². The third-order valence-electron chi connectivity index (χ3n) is 4.41. The van der Waals surface area contributed by atoms with E-state index in [1.165, 1.54) is 5.56 Å². The quantitative estimate of drug-likeness (QED) is 0.770. The lowest BCUT2D eigenvalue weighted by molar-refractivity contribution is -0.115. The predicted octanol–water partition coefficient (Wildman–Crippen LogP) is 4.51. The molecule has 24 heavy (non-hydrogen) atoms. The standard InChI is InChI=1S/C21H18N2O/c24-21-11-10-20(18(21)12-15-6-2-1-3-7-15)23-17-13-16-8-4-5-9-19(16)22-14-17/h1-9,13-14,23H,10-12H2. The number of anilines is 1. The predicted molar refractivity (Wildman–Crippen MR) is 96.8 cm³/mol. The number of allylic oxidation sites excluding steroid dienone is 2. The number of para-hydroxylation sites is 1. The number of nitrogens with one attached hydrogen (secondary N) is 1. The molecule has 2 aromatic carbocycles. The molecule has 1 heterocycles. The number of carbonyl (C=O) groups excluding carboxylic acids is 1. The van der Waals surface area contributed by atoms with Crippen LogP contribution in [-0.2, 0) is 11.2 Å². The Morgan fingerprint density at radius 3 is 2.62 bits per heavy atom. The zero-order valence-corrected chi connectivity index (χ0v) is 13.3. The highest BCUT2D eigenvalue weighted by molar-refractivity contribution is 5.99. The molecule has 1 N–H and O–H groups in total.